The van der Waals surface area contributed by atoms with E-state index < -0.39 is 15.8 Å². The maximum absolute atomic E-state index is 12.1. The van der Waals surface area contributed by atoms with Gasteiger partial charge in [-0.1, -0.05) is 23.7 Å². The van der Waals surface area contributed by atoms with Crippen molar-refractivity contribution in [1.29, 1.82) is 0 Å². The van der Waals surface area contributed by atoms with Crippen LogP contribution in [0.3, 0.4) is 0 Å². The van der Waals surface area contributed by atoms with E-state index in [4.69, 9.17) is 21.1 Å². The first kappa shape index (κ1) is 18.3. The van der Waals surface area contributed by atoms with Gasteiger partial charge in [-0.15, -0.1) is 0 Å². The summed E-state index contributed by atoms with van der Waals surface area (Å²) in [5, 5.41) is 0.131. The van der Waals surface area contributed by atoms with E-state index in [9.17, 15) is 13.2 Å². The minimum Gasteiger partial charge on any atom is -0.490 e. The Hall–Kier alpha value is -2.05. The highest BCUT2D eigenvalue weighted by Crippen LogP contribution is 2.21. The first-order valence-corrected chi connectivity index (χ1v) is 9.40. The Morgan fingerprint density at radius 1 is 1.12 bits per heavy atom. The average Bonchev–Trinajstić information content (AvgIpc) is 2.50. The van der Waals surface area contributed by atoms with Gasteiger partial charge in [0, 0.05) is 6.26 Å². The number of benzene rings is 2. The lowest BCUT2D eigenvalue weighted by Crippen LogP contribution is -2.13. The number of aryl methyl sites for hydroxylation is 1. The molecule has 128 valence electrons. The molecule has 0 saturated heterocycles. The van der Waals surface area contributed by atoms with Crippen molar-refractivity contribution in [2.45, 2.75) is 11.8 Å². The maximum Gasteiger partial charge on any atom is 0.339 e. The SMILES string of the molecule is Cc1cccc(OCCOC(=O)c2cc(S(C)(=O)=O)ccc2Cl)c1. The molecule has 0 fully saturated rings. The number of esters is 1. The molecule has 0 aliphatic rings. The van der Waals surface area contributed by atoms with Crippen LogP contribution in [0.1, 0.15) is 15.9 Å². The summed E-state index contributed by atoms with van der Waals surface area (Å²) in [7, 11) is -3.43. The molecule has 2 aromatic carbocycles. The fraction of sp³-hybridized carbons (Fsp3) is 0.235. The van der Waals surface area contributed by atoms with Gasteiger partial charge in [-0.25, -0.2) is 13.2 Å². The molecule has 0 unspecified atom stereocenters. The van der Waals surface area contributed by atoms with Gasteiger partial charge in [0.25, 0.3) is 0 Å². The highest BCUT2D eigenvalue weighted by molar-refractivity contribution is 7.90. The summed E-state index contributed by atoms with van der Waals surface area (Å²) in [6.07, 6.45) is 1.06. The van der Waals surface area contributed by atoms with E-state index in [0.29, 0.717) is 5.75 Å². The van der Waals surface area contributed by atoms with Crippen LogP contribution in [0, 0.1) is 6.92 Å². The topological polar surface area (TPSA) is 69.7 Å². The van der Waals surface area contributed by atoms with Crippen LogP contribution in [0.25, 0.3) is 0 Å². The predicted octanol–water partition coefficient (Wildman–Crippen LogP) is 3.29. The van der Waals surface area contributed by atoms with Crippen molar-refractivity contribution in [2.75, 3.05) is 19.5 Å². The monoisotopic (exact) mass is 368 g/mol. The molecule has 0 N–H and O–H groups in total. The molecule has 7 heteroatoms. The van der Waals surface area contributed by atoms with Gasteiger partial charge in [0.1, 0.15) is 19.0 Å². The van der Waals surface area contributed by atoms with Gasteiger partial charge in [-0.3, -0.25) is 0 Å². The van der Waals surface area contributed by atoms with Crippen LogP contribution >= 0.6 is 11.6 Å². The molecule has 0 amide bonds. The molecule has 0 aliphatic carbocycles. The Labute approximate surface area is 146 Å². The van der Waals surface area contributed by atoms with Crippen molar-refractivity contribution in [1.82, 2.24) is 0 Å². The summed E-state index contributed by atoms with van der Waals surface area (Å²) >= 11 is 5.94. The summed E-state index contributed by atoms with van der Waals surface area (Å²) in [6.45, 7) is 2.15. The number of carbonyl (C=O) groups excluding carboxylic acids is 1. The fourth-order valence-corrected chi connectivity index (χ4v) is 2.81. The molecule has 0 saturated carbocycles. The molecule has 0 aliphatic heterocycles. The van der Waals surface area contributed by atoms with Crippen LogP contribution < -0.4 is 4.74 Å². The summed E-state index contributed by atoms with van der Waals surface area (Å²) in [5.74, 6) is -0.0125. The van der Waals surface area contributed by atoms with E-state index in [2.05, 4.69) is 0 Å². The number of sulfone groups is 1. The third kappa shape index (κ3) is 4.97. The van der Waals surface area contributed by atoms with Crippen molar-refractivity contribution >= 4 is 27.4 Å². The first-order chi connectivity index (χ1) is 11.3. The van der Waals surface area contributed by atoms with Crippen molar-refractivity contribution < 1.29 is 22.7 Å². The lowest BCUT2D eigenvalue weighted by molar-refractivity contribution is 0.0450. The van der Waals surface area contributed by atoms with Gasteiger partial charge in [-0.2, -0.15) is 0 Å². The Morgan fingerprint density at radius 2 is 1.88 bits per heavy atom. The van der Waals surface area contributed by atoms with Crippen LogP contribution in [-0.2, 0) is 14.6 Å². The molecule has 0 heterocycles. The molecule has 0 atom stereocenters. The minimum atomic E-state index is -3.43. The number of hydrogen-bond donors (Lipinski definition) is 0. The van der Waals surface area contributed by atoms with Crippen molar-refractivity contribution in [3.05, 3.63) is 58.6 Å². The quantitative estimate of drug-likeness (QED) is 0.578. The second kappa shape index (κ2) is 7.68. The largest absolute Gasteiger partial charge is 0.490 e. The standard InChI is InChI=1S/C17H17ClO5S/c1-12-4-3-5-13(10-12)22-8-9-23-17(19)15-11-14(24(2,20)21)6-7-16(15)18/h3-7,10-11H,8-9H2,1-2H3. The van der Waals surface area contributed by atoms with Gasteiger partial charge >= 0.3 is 5.97 Å². The van der Waals surface area contributed by atoms with Crippen molar-refractivity contribution in [2.24, 2.45) is 0 Å². The van der Waals surface area contributed by atoms with Crippen molar-refractivity contribution in [3.63, 3.8) is 0 Å². The van der Waals surface area contributed by atoms with E-state index in [1.807, 2.05) is 25.1 Å². The Bertz CT molecular complexity index is 846. The normalized spacial score (nSPS) is 11.1. The summed E-state index contributed by atoms with van der Waals surface area (Å²) in [6, 6.07) is 11.4. The van der Waals surface area contributed by atoms with E-state index in [-0.39, 0.29) is 28.7 Å². The molecule has 2 aromatic rings. The van der Waals surface area contributed by atoms with Crippen molar-refractivity contribution in [3.8, 4) is 5.75 Å². The third-order valence-electron chi connectivity index (χ3n) is 3.16. The van der Waals surface area contributed by atoms with E-state index >= 15 is 0 Å². The number of rotatable bonds is 6. The van der Waals surface area contributed by atoms with Gasteiger partial charge in [-0.05, 0) is 42.8 Å². The molecule has 5 nitrogen and oxygen atoms in total. The molecule has 24 heavy (non-hydrogen) atoms. The number of halogens is 1. The van der Waals surface area contributed by atoms with Crippen LogP contribution in [0.5, 0.6) is 5.75 Å². The zero-order valence-corrected chi connectivity index (χ0v) is 14.9. The van der Waals surface area contributed by atoms with Crippen LogP contribution in [0.15, 0.2) is 47.4 Å². The van der Waals surface area contributed by atoms with Crippen LogP contribution in [-0.4, -0.2) is 33.9 Å². The lowest BCUT2D eigenvalue weighted by atomic mass is 10.2. The minimum absolute atomic E-state index is 0.00913. The van der Waals surface area contributed by atoms with E-state index in [1.54, 1.807) is 6.07 Å². The smallest absolute Gasteiger partial charge is 0.339 e. The molecular weight excluding hydrogens is 352 g/mol. The molecule has 2 rings (SSSR count). The molecule has 0 radical (unpaired) electrons. The van der Waals surface area contributed by atoms with Gasteiger partial charge in [0.05, 0.1) is 15.5 Å². The Morgan fingerprint density at radius 3 is 2.54 bits per heavy atom. The molecule has 0 spiro atoms. The third-order valence-corrected chi connectivity index (χ3v) is 4.60. The highest BCUT2D eigenvalue weighted by Gasteiger charge is 2.16. The zero-order valence-electron chi connectivity index (χ0n) is 13.3. The lowest BCUT2D eigenvalue weighted by Gasteiger charge is -2.09. The number of carbonyl (C=O) groups is 1. The van der Waals surface area contributed by atoms with Crippen LogP contribution in [0.4, 0.5) is 0 Å². The maximum atomic E-state index is 12.1. The summed E-state index contributed by atoms with van der Waals surface area (Å²) in [4.78, 5) is 12.1. The molecule has 0 aromatic heterocycles. The van der Waals surface area contributed by atoms with Crippen LogP contribution in [0.2, 0.25) is 5.02 Å². The second-order valence-electron chi connectivity index (χ2n) is 5.21. The summed E-state index contributed by atoms with van der Waals surface area (Å²) < 4.78 is 33.7. The Balaban J connectivity index is 1.95. The Kier molecular flexibility index (Phi) is 5.85. The van der Waals surface area contributed by atoms with Gasteiger partial charge < -0.3 is 9.47 Å². The fourth-order valence-electron chi connectivity index (χ4n) is 1.97. The van der Waals surface area contributed by atoms with E-state index in [1.165, 1.54) is 18.2 Å². The van der Waals surface area contributed by atoms with Gasteiger partial charge in [0.15, 0.2) is 9.84 Å². The first-order valence-electron chi connectivity index (χ1n) is 7.13. The summed E-state index contributed by atoms with van der Waals surface area (Å²) in [5.41, 5.74) is 1.07. The van der Waals surface area contributed by atoms with Gasteiger partial charge in [0.2, 0.25) is 0 Å². The average molecular weight is 369 g/mol. The number of ether oxygens (including phenoxy) is 2. The zero-order chi connectivity index (χ0) is 17.7. The van der Waals surface area contributed by atoms with E-state index in [0.717, 1.165) is 11.8 Å². The predicted molar refractivity (Wildman–Crippen MR) is 91.5 cm³/mol. The highest BCUT2D eigenvalue weighted by atomic mass is 35.5. The number of hydrogen-bond acceptors (Lipinski definition) is 5. The second-order valence-corrected chi connectivity index (χ2v) is 7.64. The molecule has 0 bridgehead atoms. The molecular formula is C17H17ClO5S.